The lowest BCUT2D eigenvalue weighted by Gasteiger charge is -2.30. The van der Waals surface area contributed by atoms with E-state index in [2.05, 4.69) is 5.32 Å². The van der Waals surface area contributed by atoms with Crippen LogP contribution in [0.1, 0.15) is 25.7 Å². The molecule has 1 nitrogen and oxygen atoms in total. The van der Waals surface area contributed by atoms with Crippen molar-refractivity contribution in [3.8, 4) is 0 Å². The Hall–Kier alpha value is -0.250. The molecule has 0 aromatic carbocycles. The maximum absolute atomic E-state index is 12.2. The van der Waals surface area contributed by atoms with Crippen LogP contribution in [-0.2, 0) is 0 Å². The van der Waals surface area contributed by atoms with Gasteiger partial charge in [0.25, 0.3) is 0 Å². The Morgan fingerprint density at radius 2 is 1.92 bits per heavy atom. The second kappa shape index (κ2) is 3.64. The van der Waals surface area contributed by atoms with Gasteiger partial charge in [-0.1, -0.05) is 6.42 Å². The molecule has 0 aromatic heterocycles. The number of alkyl halides is 3. The SMILES string of the molecule is CN[C@@H]1CCC[C@H](C(F)(F)F)C1. The predicted octanol–water partition coefficient (Wildman–Crippen LogP) is 2.33. The number of rotatable bonds is 1. The fourth-order valence-electron chi connectivity index (χ4n) is 1.75. The molecule has 0 aromatic rings. The first-order chi connectivity index (χ1) is 5.54. The zero-order valence-corrected chi connectivity index (χ0v) is 7.12. The Kier molecular flexibility index (Phi) is 2.99. The molecule has 1 aliphatic rings. The molecule has 4 heteroatoms. The average Bonchev–Trinajstić information content (AvgIpc) is 2.03. The summed E-state index contributed by atoms with van der Waals surface area (Å²) < 4.78 is 36.7. The van der Waals surface area contributed by atoms with Crippen LogP contribution in [0, 0.1) is 5.92 Å². The van der Waals surface area contributed by atoms with Gasteiger partial charge in [-0.3, -0.25) is 0 Å². The summed E-state index contributed by atoms with van der Waals surface area (Å²) in [7, 11) is 1.73. The molecule has 72 valence electrons. The van der Waals surface area contributed by atoms with E-state index < -0.39 is 12.1 Å². The van der Waals surface area contributed by atoms with E-state index in [1.54, 1.807) is 7.05 Å². The molecular formula is C8H14F3N. The molecule has 1 aliphatic carbocycles. The lowest BCUT2D eigenvalue weighted by atomic mass is 9.85. The van der Waals surface area contributed by atoms with Crippen LogP contribution < -0.4 is 5.32 Å². The molecule has 0 spiro atoms. The van der Waals surface area contributed by atoms with Crippen LogP contribution in [0.5, 0.6) is 0 Å². The summed E-state index contributed by atoms with van der Waals surface area (Å²) in [6, 6.07) is 0.0605. The summed E-state index contributed by atoms with van der Waals surface area (Å²) in [5.41, 5.74) is 0. The van der Waals surface area contributed by atoms with Gasteiger partial charge in [0.15, 0.2) is 0 Å². The van der Waals surface area contributed by atoms with Crippen molar-refractivity contribution in [1.29, 1.82) is 0 Å². The summed E-state index contributed by atoms with van der Waals surface area (Å²) >= 11 is 0. The summed E-state index contributed by atoms with van der Waals surface area (Å²) in [6.45, 7) is 0. The summed E-state index contributed by atoms with van der Waals surface area (Å²) in [5, 5.41) is 2.91. The lowest BCUT2D eigenvalue weighted by molar-refractivity contribution is -0.183. The molecular weight excluding hydrogens is 167 g/mol. The normalized spacial score (nSPS) is 32.0. The van der Waals surface area contributed by atoms with Crippen LogP contribution in [0.3, 0.4) is 0 Å². The third-order valence-corrected chi connectivity index (χ3v) is 2.55. The second-order valence-electron chi connectivity index (χ2n) is 3.39. The van der Waals surface area contributed by atoms with Crippen LogP contribution in [-0.4, -0.2) is 19.3 Å². The van der Waals surface area contributed by atoms with E-state index in [4.69, 9.17) is 0 Å². The first-order valence-corrected chi connectivity index (χ1v) is 4.28. The van der Waals surface area contributed by atoms with Crippen LogP contribution >= 0.6 is 0 Å². The van der Waals surface area contributed by atoms with Gasteiger partial charge in [0.1, 0.15) is 0 Å². The molecule has 1 saturated carbocycles. The minimum absolute atomic E-state index is 0.0605. The van der Waals surface area contributed by atoms with E-state index in [9.17, 15) is 13.2 Å². The van der Waals surface area contributed by atoms with Crippen molar-refractivity contribution in [2.24, 2.45) is 5.92 Å². The van der Waals surface area contributed by atoms with Gasteiger partial charge in [-0.2, -0.15) is 13.2 Å². The molecule has 1 N–H and O–H groups in total. The maximum Gasteiger partial charge on any atom is 0.391 e. The van der Waals surface area contributed by atoms with Gasteiger partial charge in [-0.25, -0.2) is 0 Å². The number of hydrogen-bond donors (Lipinski definition) is 1. The van der Waals surface area contributed by atoms with Crippen LogP contribution in [0.15, 0.2) is 0 Å². The predicted molar refractivity (Wildman–Crippen MR) is 40.9 cm³/mol. The Labute approximate surface area is 70.3 Å². The second-order valence-corrected chi connectivity index (χ2v) is 3.39. The van der Waals surface area contributed by atoms with Crippen LogP contribution in [0.25, 0.3) is 0 Å². The zero-order valence-electron chi connectivity index (χ0n) is 7.12. The number of hydrogen-bond acceptors (Lipinski definition) is 1. The minimum Gasteiger partial charge on any atom is -0.317 e. The summed E-state index contributed by atoms with van der Waals surface area (Å²) in [6.07, 6.45) is -1.87. The van der Waals surface area contributed by atoms with Crippen molar-refractivity contribution in [1.82, 2.24) is 5.32 Å². The highest BCUT2D eigenvalue weighted by Gasteiger charge is 2.41. The van der Waals surface area contributed by atoms with E-state index in [0.717, 1.165) is 6.42 Å². The van der Waals surface area contributed by atoms with Gasteiger partial charge >= 0.3 is 6.18 Å². The smallest absolute Gasteiger partial charge is 0.317 e. The van der Waals surface area contributed by atoms with Crippen molar-refractivity contribution < 1.29 is 13.2 Å². The Morgan fingerprint density at radius 3 is 2.42 bits per heavy atom. The quantitative estimate of drug-likeness (QED) is 0.654. The fourth-order valence-corrected chi connectivity index (χ4v) is 1.75. The third kappa shape index (κ3) is 2.37. The van der Waals surface area contributed by atoms with E-state index >= 15 is 0 Å². The minimum atomic E-state index is -3.99. The van der Waals surface area contributed by atoms with Gasteiger partial charge in [0, 0.05) is 6.04 Å². The van der Waals surface area contributed by atoms with Crippen molar-refractivity contribution in [3.05, 3.63) is 0 Å². The standard InChI is InChI=1S/C8H14F3N/c1-12-7-4-2-3-6(5-7)8(9,10)11/h6-7,12H,2-5H2,1H3/t6-,7+/m0/s1. The van der Waals surface area contributed by atoms with Crippen molar-refractivity contribution in [2.45, 2.75) is 37.9 Å². The molecule has 0 heterocycles. The molecule has 12 heavy (non-hydrogen) atoms. The first-order valence-electron chi connectivity index (χ1n) is 4.28. The number of nitrogens with one attached hydrogen (secondary N) is 1. The Morgan fingerprint density at radius 1 is 1.25 bits per heavy atom. The van der Waals surface area contributed by atoms with E-state index in [0.29, 0.717) is 12.8 Å². The van der Waals surface area contributed by atoms with Gasteiger partial charge in [0.05, 0.1) is 5.92 Å². The topological polar surface area (TPSA) is 12.0 Å². The van der Waals surface area contributed by atoms with E-state index in [-0.39, 0.29) is 12.5 Å². The highest BCUT2D eigenvalue weighted by molar-refractivity contribution is 4.80. The molecule has 1 fully saturated rings. The molecule has 0 bridgehead atoms. The molecule has 0 amide bonds. The highest BCUT2D eigenvalue weighted by atomic mass is 19.4. The average molecular weight is 181 g/mol. The third-order valence-electron chi connectivity index (χ3n) is 2.55. The highest BCUT2D eigenvalue weighted by Crippen LogP contribution is 2.37. The monoisotopic (exact) mass is 181 g/mol. The summed E-state index contributed by atoms with van der Waals surface area (Å²) in [4.78, 5) is 0. The number of halogens is 3. The molecule has 0 saturated heterocycles. The van der Waals surface area contributed by atoms with Gasteiger partial charge in [-0.05, 0) is 26.3 Å². The Bertz CT molecular complexity index is 144. The van der Waals surface area contributed by atoms with Gasteiger partial charge in [-0.15, -0.1) is 0 Å². The zero-order chi connectivity index (χ0) is 9.19. The molecule has 1 rings (SSSR count). The van der Waals surface area contributed by atoms with Crippen LogP contribution in [0.4, 0.5) is 13.2 Å². The van der Waals surface area contributed by atoms with Crippen LogP contribution in [0.2, 0.25) is 0 Å². The van der Waals surface area contributed by atoms with E-state index in [1.165, 1.54) is 0 Å². The fraction of sp³-hybridized carbons (Fsp3) is 1.00. The van der Waals surface area contributed by atoms with Gasteiger partial charge in [0.2, 0.25) is 0 Å². The lowest BCUT2D eigenvalue weighted by Crippen LogP contribution is -2.36. The molecule has 0 unspecified atom stereocenters. The maximum atomic E-state index is 12.2. The largest absolute Gasteiger partial charge is 0.391 e. The first kappa shape index (κ1) is 9.84. The van der Waals surface area contributed by atoms with E-state index in [1.807, 2.05) is 0 Å². The summed E-state index contributed by atoms with van der Waals surface area (Å²) in [5.74, 6) is -1.08. The van der Waals surface area contributed by atoms with Gasteiger partial charge < -0.3 is 5.32 Å². The van der Waals surface area contributed by atoms with Crippen molar-refractivity contribution in [3.63, 3.8) is 0 Å². The van der Waals surface area contributed by atoms with Crippen molar-refractivity contribution >= 4 is 0 Å². The molecule has 0 radical (unpaired) electrons. The van der Waals surface area contributed by atoms with Crippen molar-refractivity contribution in [2.75, 3.05) is 7.05 Å². The molecule has 0 aliphatic heterocycles. The Balaban J connectivity index is 2.46. The molecule has 2 atom stereocenters.